The Bertz CT molecular complexity index is 368. The molecular weight excluding hydrogens is 244 g/mol. The smallest absolute Gasteiger partial charge is 0.315 e. The topological polar surface area (TPSA) is 67.4 Å². The second kappa shape index (κ2) is 6.59. The maximum absolute atomic E-state index is 11.9. The van der Waals surface area contributed by atoms with E-state index in [2.05, 4.69) is 22.8 Å². The number of nitrogens with one attached hydrogen (secondary N) is 2. The molecule has 1 fully saturated rings. The van der Waals surface area contributed by atoms with Gasteiger partial charge in [-0.2, -0.15) is 0 Å². The Balaban J connectivity index is 1.71. The Morgan fingerprint density at radius 2 is 1.89 bits per heavy atom. The van der Waals surface area contributed by atoms with Crippen molar-refractivity contribution in [3.05, 3.63) is 12.2 Å². The second-order valence-corrected chi connectivity index (χ2v) is 5.33. The molecule has 0 bridgehead atoms. The van der Waals surface area contributed by atoms with Crippen LogP contribution in [0.25, 0.3) is 0 Å². The van der Waals surface area contributed by atoms with Crippen molar-refractivity contribution >= 4 is 12.0 Å². The zero-order valence-electron chi connectivity index (χ0n) is 11.4. The predicted octanol–water partition coefficient (Wildman–Crippen LogP) is 1.74. The van der Waals surface area contributed by atoms with Crippen LogP contribution in [0.4, 0.5) is 4.79 Å². The van der Waals surface area contributed by atoms with Gasteiger partial charge in [-0.05, 0) is 38.5 Å². The predicted molar refractivity (Wildman–Crippen MR) is 71.6 cm³/mol. The summed E-state index contributed by atoms with van der Waals surface area (Å²) in [6.45, 7) is 0. The van der Waals surface area contributed by atoms with Crippen molar-refractivity contribution in [2.45, 2.75) is 50.6 Å². The molecule has 5 nitrogen and oxygen atoms in total. The van der Waals surface area contributed by atoms with Crippen LogP contribution in [0.15, 0.2) is 12.2 Å². The standard InChI is InChI=1S/C14H22N2O3/c1-19-13(17)10-7-8-12(9-10)16-14(18)15-11-5-3-2-4-6-11/h2-3,10-12H,4-9H2,1H3,(H2,15,16,18)/t10-,11?,12+/m0/s1. The van der Waals surface area contributed by atoms with Crippen LogP contribution in [0.5, 0.6) is 0 Å². The van der Waals surface area contributed by atoms with E-state index < -0.39 is 0 Å². The van der Waals surface area contributed by atoms with Gasteiger partial charge in [-0.1, -0.05) is 12.2 Å². The molecule has 3 atom stereocenters. The van der Waals surface area contributed by atoms with E-state index in [1.807, 2.05) is 0 Å². The monoisotopic (exact) mass is 266 g/mol. The van der Waals surface area contributed by atoms with E-state index in [0.29, 0.717) is 6.42 Å². The molecule has 2 amide bonds. The molecule has 2 aliphatic carbocycles. The zero-order chi connectivity index (χ0) is 13.7. The van der Waals surface area contributed by atoms with Crippen LogP contribution in [0, 0.1) is 5.92 Å². The molecule has 2 aliphatic rings. The number of carbonyl (C=O) groups excluding carboxylic acids is 2. The second-order valence-electron chi connectivity index (χ2n) is 5.33. The molecule has 0 aromatic rings. The van der Waals surface area contributed by atoms with Gasteiger partial charge in [0.2, 0.25) is 0 Å². The zero-order valence-corrected chi connectivity index (χ0v) is 11.4. The van der Waals surface area contributed by atoms with Crippen molar-refractivity contribution in [3.63, 3.8) is 0 Å². The number of urea groups is 1. The number of methoxy groups -OCH3 is 1. The first kappa shape index (κ1) is 13.9. The van der Waals surface area contributed by atoms with Gasteiger partial charge >= 0.3 is 12.0 Å². The number of allylic oxidation sites excluding steroid dienone is 1. The van der Waals surface area contributed by atoms with Gasteiger partial charge in [0, 0.05) is 12.1 Å². The number of ether oxygens (including phenoxy) is 1. The number of esters is 1. The summed E-state index contributed by atoms with van der Waals surface area (Å²) in [5, 5.41) is 5.94. The molecule has 0 aromatic carbocycles. The van der Waals surface area contributed by atoms with Crippen molar-refractivity contribution in [1.29, 1.82) is 0 Å². The average Bonchev–Trinajstić information content (AvgIpc) is 2.87. The number of hydrogen-bond acceptors (Lipinski definition) is 3. The van der Waals surface area contributed by atoms with E-state index in [0.717, 1.165) is 32.1 Å². The Hall–Kier alpha value is -1.52. The largest absolute Gasteiger partial charge is 0.469 e. The first-order chi connectivity index (χ1) is 9.19. The van der Waals surface area contributed by atoms with Crippen molar-refractivity contribution < 1.29 is 14.3 Å². The van der Waals surface area contributed by atoms with Gasteiger partial charge in [-0.25, -0.2) is 4.79 Å². The number of rotatable bonds is 3. The number of hydrogen-bond donors (Lipinski definition) is 2. The van der Waals surface area contributed by atoms with E-state index in [1.165, 1.54) is 7.11 Å². The van der Waals surface area contributed by atoms with E-state index in [4.69, 9.17) is 4.74 Å². The van der Waals surface area contributed by atoms with E-state index in [-0.39, 0.29) is 30.0 Å². The van der Waals surface area contributed by atoms with Crippen LogP contribution < -0.4 is 10.6 Å². The molecule has 106 valence electrons. The summed E-state index contributed by atoms with van der Waals surface area (Å²) in [6.07, 6.45) is 9.51. The molecule has 0 aliphatic heterocycles. The fourth-order valence-electron chi connectivity index (χ4n) is 2.83. The highest BCUT2D eigenvalue weighted by Crippen LogP contribution is 2.26. The molecule has 1 saturated carbocycles. The molecule has 2 rings (SSSR count). The molecule has 2 N–H and O–H groups in total. The first-order valence-electron chi connectivity index (χ1n) is 6.99. The van der Waals surface area contributed by atoms with Crippen molar-refractivity contribution in [2.24, 2.45) is 5.92 Å². The summed E-state index contributed by atoms with van der Waals surface area (Å²) in [7, 11) is 1.41. The van der Waals surface area contributed by atoms with Gasteiger partial charge in [0.1, 0.15) is 0 Å². The maximum atomic E-state index is 11.9. The molecule has 19 heavy (non-hydrogen) atoms. The van der Waals surface area contributed by atoms with Crippen LogP contribution in [0.3, 0.4) is 0 Å². The van der Waals surface area contributed by atoms with Crippen LogP contribution in [-0.2, 0) is 9.53 Å². The summed E-state index contributed by atoms with van der Waals surface area (Å²) in [5.41, 5.74) is 0. The third kappa shape index (κ3) is 3.98. The van der Waals surface area contributed by atoms with Gasteiger partial charge in [0.25, 0.3) is 0 Å². The molecule has 0 aromatic heterocycles. The van der Waals surface area contributed by atoms with Crippen LogP contribution >= 0.6 is 0 Å². The third-order valence-corrected chi connectivity index (χ3v) is 3.91. The summed E-state index contributed by atoms with van der Waals surface area (Å²) in [5.74, 6) is -0.227. The van der Waals surface area contributed by atoms with Gasteiger partial charge in [-0.3, -0.25) is 4.79 Å². The lowest BCUT2D eigenvalue weighted by molar-refractivity contribution is -0.145. The highest BCUT2D eigenvalue weighted by Gasteiger charge is 2.31. The number of amides is 2. The van der Waals surface area contributed by atoms with E-state index >= 15 is 0 Å². The Morgan fingerprint density at radius 1 is 1.11 bits per heavy atom. The van der Waals surface area contributed by atoms with Crippen molar-refractivity contribution in [2.75, 3.05) is 7.11 Å². The van der Waals surface area contributed by atoms with Crippen molar-refractivity contribution in [3.8, 4) is 0 Å². The Labute approximate surface area is 113 Å². The molecule has 1 unspecified atom stereocenters. The van der Waals surface area contributed by atoms with Gasteiger partial charge < -0.3 is 15.4 Å². The molecular formula is C14H22N2O3. The SMILES string of the molecule is COC(=O)[C@H]1CC[C@@H](NC(=O)NC2CC=CCC2)C1. The quantitative estimate of drug-likeness (QED) is 0.604. The van der Waals surface area contributed by atoms with E-state index in [1.54, 1.807) is 0 Å². The minimum Gasteiger partial charge on any atom is -0.469 e. The maximum Gasteiger partial charge on any atom is 0.315 e. The average molecular weight is 266 g/mol. The van der Waals surface area contributed by atoms with Crippen molar-refractivity contribution in [1.82, 2.24) is 10.6 Å². The Morgan fingerprint density at radius 3 is 2.58 bits per heavy atom. The van der Waals surface area contributed by atoms with Gasteiger partial charge in [-0.15, -0.1) is 0 Å². The lowest BCUT2D eigenvalue weighted by Crippen LogP contribution is -2.45. The minimum absolute atomic E-state index is 0.0621. The van der Waals surface area contributed by atoms with E-state index in [9.17, 15) is 9.59 Å². The van der Waals surface area contributed by atoms with Crippen LogP contribution in [-0.4, -0.2) is 31.2 Å². The summed E-state index contributed by atoms with van der Waals surface area (Å²) < 4.78 is 4.73. The minimum atomic E-state index is -0.165. The summed E-state index contributed by atoms with van der Waals surface area (Å²) in [6, 6.07) is 0.210. The first-order valence-corrected chi connectivity index (χ1v) is 6.99. The molecule has 5 heteroatoms. The lowest BCUT2D eigenvalue weighted by atomic mass is 10.0. The molecule has 0 saturated heterocycles. The summed E-state index contributed by atoms with van der Waals surface area (Å²) >= 11 is 0. The van der Waals surface area contributed by atoms with Crippen LogP contribution in [0.1, 0.15) is 38.5 Å². The van der Waals surface area contributed by atoms with Gasteiger partial charge in [0.05, 0.1) is 13.0 Å². The number of carbonyl (C=O) groups is 2. The fraction of sp³-hybridized carbons (Fsp3) is 0.714. The van der Waals surface area contributed by atoms with Gasteiger partial charge in [0.15, 0.2) is 0 Å². The molecule has 0 spiro atoms. The third-order valence-electron chi connectivity index (χ3n) is 3.91. The molecule has 0 heterocycles. The van der Waals surface area contributed by atoms with Crippen LogP contribution in [0.2, 0.25) is 0 Å². The highest BCUT2D eigenvalue weighted by molar-refractivity contribution is 5.75. The summed E-state index contributed by atoms with van der Waals surface area (Å²) in [4.78, 5) is 23.3. The highest BCUT2D eigenvalue weighted by atomic mass is 16.5. The Kier molecular flexibility index (Phi) is 4.82. The molecule has 0 radical (unpaired) electrons. The normalized spacial score (nSPS) is 29.8. The fourth-order valence-corrected chi connectivity index (χ4v) is 2.83. The lowest BCUT2D eigenvalue weighted by Gasteiger charge is -2.21.